The normalized spacial score (nSPS) is 16.8. The van der Waals surface area contributed by atoms with Crippen molar-refractivity contribution in [1.82, 2.24) is 14.9 Å². The molecule has 2 aromatic rings. The molecule has 0 radical (unpaired) electrons. The molecule has 0 spiro atoms. The van der Waals surface area contributed by atoms with Crippen molar-refractivity contribution in [2.45, 2.75) is 12.5 Å². The number of halogens is 1. The predicted octanol–water partition coefficient (Wildman–Crippen LogP) is 2.82. The fraction of sp³-hybridized carbons (Fsp3) is 0.312. The average Bonchev–Trinajstić information content (AvgIpc) is 3.06. The Morgan fingerprint density at radius 3 is 2.92 bits per heavy atom. The summed E-state index contributed by atoms with van der Waals surface area (Å²) >= 11 is 6.05. The first kappa shape index (κ1) is 16.3. The van der Waals surface area contributed by atoms with Gasteiger partial charge in [0.05, 0.1) is 36.8 Å². The number of benzene rings is 1. The molecule has 0 aliphatic carbocycles. The largest absolute Gasteiger partial charge is 0.480 e. The van der Waals surface area contributed by atoms with Crippen molar-refractivity contribution in [2.75, 3.05) is 25.5 Å². The standard InChI is InChI=1S/C16H17ClN4O3/c1-23-14-8-18-9-15(20-14)24-11-6-7-21(10-11)16(22)19-13-5-3-2-4-12(13)17/h2-5,8-9,11H,6-7,10H2,1H3,(H,19,22). The predicted molar refractivity (Wildman–Crippen MR) is 89.7 cm³/mol. The number of carbonyl (C=O) groups is 1. The molecule has 1 N–H and O–H groups in total. The van der Waals surface area contributed by atoms with Crippen LogP contribution in [0, 0.1) is 0 Å². The molecule has 7 nitrogen and oxygen atoms in total. The summed E-state index contributed by atoms with van der Waals surface area (Å²) in [4.78, 5) is 22.2. The highest BCUT2D eigenvalue weighted by Crippen LogP contribution is 2.22. The van der Waals surface area contributed by atoms with Crippen LogP contribution in [-0.2, 0) is 0 Å². The van der Waals surface area contributed by atoms with Crippen molar-refractivity contribution in [1.29, 1.82) is 0 Å². The molecule has 1 unspecified atom stereocenters. The van der Waals surface area contributed by atoms with Gasteiger partial charge in [0.25, 0.3) is 0 Å². The van der Waals surface area contributed by atoms with Gasteiger partial charge in [0.15, 0.2) is 0 Å². The molecule has 2 amide bonds. The molecule has 8 heteroatoms. The van der Waals surface area contributed by atoms with Crippen molar-refractivity contribution in [3.63, 3.8) is 0 Å². The maximum Gasteiger partial charge on any atom is 0.322 e. The van der Waals surface area contributed by atoms with Crippen LogP contribution in [0.3, 0.4) is 0 Å². The van der Waals surface area contributed by atoms with Gasteiger partial charge in [-0.3, -0.25) is 4.98 Å². The minimum Gasteiger partial charge on any atom is -0.480 e. The van der Waals surface area contributed by atoms with Gasteiger partial charge in [0.2, 0.25) is 11.8 Å². The van der Waals surface area contributed by atoms with Crippen LogP contribution in [0.4, 0.5) is 10.5 Å². The molecule has 1 aliphatic heterocycles. The molecular weight excluding hydrogens is 332 g/mol. The summed E-state index contributed by atoms with van der Waals surface area (Å²) in [7, 11) is 1.52. The van der Waals surface area contributed by atoms with E-state index in [4.69, 9.17) is 21.1 Å². The van der Waals surface area contributed by atoms with Gasteiger partial charge in [-0.15, -0.1) is 0 Å². The Bertz CT molecular complexity index is 728. The lowest BCUT2D eigenvalue weighted by Gasteiger charge is -2.18. The number of hydrogen-bond acceptors (Lipinski definition) is 5. The number of nitrogens with zero attached hydrogens (tertiary/aromatic N) is 3. The summed E-state index contributed by atoms with van der Waals surface area (Å²) in [5, 5.41) is 3.31. The van der Waals surface area contributed by atoms with Crippen LogP contribution < -0.4 is 14.8 Å². The number of para-hydroxylation sites is 1. The molecule has 0 bridgehead atoms. The van der Waals surface area contributed by atoms with Gasteiger partial charge < -0.3 is 19.7 Å². The third kappa shape index (κ3) is 3.86. The smallest absolute Gasteiger partial charge is 0.322 e. The zero-order valence-electron chi connectivity index (χ0n) is 13.1. The van der Waals surface area contributed by atoms with Gasteiger partial charge >= 0.3 is 6.03 Å². The van der Waals surface area contributed by atoms with Crippen LogP contribution >= 0.6 is 11.6 Å². The fourth-order valence-corrected chi connectivity index (χ4v) is 2.61. The summed E-state index contributed by atoms with van der Waals surface area (Å²) < 4.78 is 10.8. The van der Waals surface area contributed by atoms with Gasteiger partial charge in [-0.25, -0.2) is 4.79 Å². The quantitative estimate of drug-likeness (QED) is 0.919. The third-order valence-electron chi connectivity index (χ3n) is 3.63. The van der Waals surface area contributed by atoms with E-state index in [0.29, 0.717) is 35.6 Å². The van der Waals surface area contributed by atoms with Crippen LogP contribution in [0.5, 0.6) is 11.8 Å². The average molecular weight is 349 g/mol. The van der Waals surface area contributed by atoms with E-state index in [1.54, 1.807) is 17.0 Å². The van der Waals surface area contributed by atoms with Crippen molar-refractivity contribution in [3.05, 3.63) is 41.7 Å². The van der Waals surface area contributed by atoms with E-state index < -0.39 is 0 Å². The van der Waals surface area contributed by atoms with Gasteiger partial charge in [-0.2, -0.15) is 4.98 Å². The molecule has 1 aliphatic rings. The molecule has 3 rings (SSSR count). The van der Waals surface area contributed by atoms with Gasteiger partial charge in [0, 0.05) is 13.0 Å². The number of ether oxygens (including phenoxy) is 2. The van der Waals surface area contributed by atoms with Crippen LogP contribution in [0.2, 0.25) is 5.02 Å². The van der Waals surface area contributed by atoms with E-state index in [2.05, 4.69) is 15.3 Å². The second-order valence-electron chi connectivity index (χ2n) is 5.28. The summed E-state index contributed by atoms with van der Waals surface area (Å²) in [6.45, 7) is 1.06. The Labute approximate surface area is 144 Å². The van der Waals surface area contributed by atoms with Gasteiger partial charge in [-0.1, -0.05) is 23.7 Å². The van der Waals surface area contributed by atoms with Crippen molar-refractivity contribution < 1.29 is 14.3 Å². The number of carbonyl (C=O) groups excluding carboxylic acids is 1. The number of likely N-dealkylation sites (tertiary alicyclic amines) is 1. The van der Waals surface area contributed by atoms with E-state index in [-0.39, 0.29) is 12.1 Å². The lowest BCUT2D eigenvalue weighted by molar-refractivity contribution is 0.188. The summed E-state index contributed by atoms with van der Waals surface area (Å²) in [6, 6.07) is 6.92. The number of aromatic nitrogens is 2. The van der Waals surface area contributed by atoms with Crippen molar-refractivity contribution in [3.8, 4) is 11.8 Å². The minimum absolute atomic E-state index is 0.136. The first-order valence-electron chi connectivity index (χ1n) is 7.49. The van der Waals surface area contributed by atoms with Gasteiger partial charge in [-0.05, 0) is 12.1 Å². The topological polar surface area (TPSA) is 76.6 Å². The van der Waals surface area contributed by atoms with E-state index in [1.807, 2.05) is 12.1 Å². The molecule has 1 atom stereocenters. The number of anilines is 1. The molecule has 1 fully saturated rings. The molecule has 24 heavy (non-hydrogen) atoms. The van der Waals surface area contributed by atoms with Crippen LogP contribution in [0.1, 0.15) is 6.42 Å². The highest BCUT2D eigenvalue weighted by molar-refractivity contribution is 6.33. The second kappa shape index (κ2) is 7.35. The van der Waals surface area contributed by atoms with Crippen LogP contribution in [0.25, 0.3) is 0 Å². The lowest BCUT2D eigenvalue weighted by atomic mass is 10.3. The molecule has 2 heterocycles. The summed E-state index contributed by atoms with van der Waals surface area (Å²) in [6.07, 6.45) is 3.61. The summed E-state index contributed by atoms with van der Waals surface area (Å²) in [5.74, 6) is 0.770. The number of rotatable bonds is 4. The first-order valence-corrected chi connectivity index (χ1v) is 7.86. The SMILES string of the molecule is COc1cncc(OC2CCN(C(=O)Nc3ccccc3Cl)C2)n1. The maximum absolute atomic E-state index is 12.3. The Balaban J connectivity index is 1.56. The third-order valence-corrected chi connectivity index (χ3v) is 3.96. The second-order valence-corrected chi connectivity index (χ2v) is 5.69. The van der Waals surface area contributed by atoms with E-state index in [0.717, 1.165) is 6.42 Å². The summed E-state index contributed by atoms with van der Waals surface area (Å²) in [5.41, 5.74) is 0.590. The number of amides is 2. The number of methoxy groups -OCH3 is 1. The molecule has 0 saturated carbocycles. The fourth-order valence-electron chi connectivity index (χ4n) is 2.42. The Morgan fingerprint density at radius 2 is 2.12 bits per heavy atom. The molecule has 1 aromatic heterocycles. The Kier molecular flexibility index (Phi) is 5.00. The monoisotopic (exact) mass is 348 g/mol. The Hall–Kier alpha value is -2.54. The number of nitrogens with one attached hydrogen (secondary N) is 1. The molecule has 126 valence electrons. The van der Waals surface area contributed by atoms with Gasteiger partial charge in [0.1, 0.15) is 6.10 Å². The molecule has 1 saturated heterocycles. The minimum atomic E-state index is -0.203. The molecule has 1 aromatic carbocycles. The van der Waals surface area contributed by atoms with Crippen molar-refractivity contribution >= 4 is 23.3 Å². The first-order chi connectivity index (χ1) is 11.7. The lowest BCUT2D eigenvalue weighted by Crippen LogP contribution is -2.34. The van der Waals surface area contributed by atoms with Crippen molar-refractivity contribution in [2.24, 2.45) is 0 Å². The highest BCUT2D eigenvalue weighted by atomic mass is 35.5. The van der Waals surface area contributed by atoms with Crippen LogP contribution in [-0.4, -0.2) is 47.2 Å². The van der Waals surface area contributed by atoms with E-state index >= 15 is 0 Å². The van der Waals surface area contributed by atoms with Crippen LogP contribution in [0.15, 0.2) is 36.7 Å². The van der Waals surface area contributed by atoms with E-state index in [1.165, 1.54) is 19.5 Å². The Morgan fingerprint density at radius 1 is 1.33 bits per heavy atom. The zero-order chi connectivity index (χ0) is 16.9. The van der Waals surface area contributed by atoms with E-state index in [9.17, 15) is 4.79 Å². The highest BCUT2D eigenvalue weighted by Gasteiger charge is 2.28. The zero-order valence-corrected chi connectivity index (χ0v) is 13.9. The number of urea groups is 1. The number of hydrogen-bond donors (Lipinski definition) is 1. The molecular formula is C16H17ClN4O3. The maximum atomic E-state index is 12.3.